The number of anilines is 1. The third-order valence-corrected chi connectivity index (χ3v) is 2.97. The van der Waals surface area contributed by atoms with Crippen LogP contribution in [0.25, 0.3) is 0 Å². The van der Waals surface area contributed by atoms with E-state index in [1.165, 1.54) is 18.4 Å². The molecule has 3 heteroatoms. The predicted octanol–water partition coefficient (Wildman–Crippen LogP) is 2.92. The highest BCUT2D eigenvalue weighted by atomic mass is 16.2. The number of unbranched alkanes of at least 4 members (excludes halogenated alkanes) is 1. The van der Waals surface area contributed by atoms with Crippen LogP contribution in [0.3, 0.4) is 0 Å². The number of carbonyl (C=O) groups is 1. The van der Waals surface area contributed by atoms with Gasteiger partial charge in [-0.1, -0.05) is 25.5 Å². The summed E-state index contributed by atoms with van der Waals surface area (Å²) in [6.45, 7) is 4.08. The van der Waals surface area contributed by atoms with Gasteiger partial charge in [-0.3, -0.25) is 4.79 Å². The van der Waals surface area contributed by atoms with Crippen LogP contribution in [0, 0.1) is 0 Å². The highest BCUT2D eigenvalue weighted by molar-refractivity contribution is 5.83. The van der Waals surface area contributed by atoms with Gasteiger partial charge in [0.2, 0.25) is 5.91 Å². The van der Waals surface area contributed by atoms with Crippen molar-refractivity contribution in [1.82, 2.24) is 4.90 Å². The summed E-state index contributed by atoms with van der Waals surface area (Å²) in [7, 11) is 3.54. The van der Waals surface area contributed by atoms with E-state index in [1.807, 2.05) is 19.1 Å². The van der Waals surface area contributed by atoms with Gasteiger partial charge < -0.3 is 10.2 Å². The van der Waals surface area contributed by atoms with Crippen LogP contribution in [0.15, 0.2) is 24.3 Å². The van der Waals surface area contributed by atoms with Crippen LogP contribution < -0.4 is 5.32 Å². The molecule has 0 saturated heterocycles. The first-order chi connectivity index (χ1) is 8.54. The number of carbonyl (C=O) groups excluding carboxylic acids is 1. The zero-order valence-corrected chi connectivity index (χ0v) is 11.9. The van der Waals surface area contributed by atoms with E-state index in [-0.39, 0.29) is 11.9 Å². The van der Waals surface area contributed by atoms with Gasteiger partial charge in [-0.05, 0) is 37.5 Å². The van der Waals surface area contributed by atoms with Gasteiger partial charge in [0.1, 0.15) is 6.04 Å². The first-order valence-corrected chi connectivity index (χ1v) is 6.61. The van der Waals surface area contributed by atoms with Gasteiger partial charge in [0.15, 0.2) is 0 Å². The van der Waals surface area contributed by atoms with Gasteiger partial charge in [0.05, 0.1) is 0 Å². The van der Waals surface area contributed by atoms with Crippen molar-refractivity contribution >= 4 is 11.6 Å². The molecule has 0 aliphatic carbocycles. The Kier molecular flexibility index (Phi) is 5.69. The maximum absolute atomic E-state index is 11.7. The molecule has 1 aromatic rings. The Morgan fingerprint density at radius 2 is 1.89 bits per heavy atom. The number of nitrogens with zero attached hydrogens (tertiary/aromatic N) is 1. The molecule has 1 atom stereocenters. The monoisotopic (exact) mass is 248 g/mol. The second-order valence-electron chi connectivity index (χ2n) is 4.90. The number of rotatable bonds is 6. The van der Waals surface area contributed by atoms with Crippen LogP contribution >= 0.6 is 0 Å². The Bertz CT molecular complexity index is 371. The molecule has 0 heterocycles. The third-order valence-electron chi connectivity index (χ3n) is 2.97. The van der Waals surface area contributed by atoms with Gasteiger partial charge in [-0.2, -0.15) is 0 Å². The van der Waals surface area contributed by atoms with Crippen molar-refractivity contribution in [2.75, 3.05) is 19.4 Å². The molecule has 0 fully saturated rings. The highest BCUT2D eigenvalue weighted by Crippen LogP contribution is 2.13. The Balaban J connectivity index is 2.55. The summed E-state index contributed by atoms with van der Waals surface area (Å²) >= 11 is 0. The molecule has 0 saturated carbocycles. The van der Waals surface area contributed by atoms with Crippen LogP contribution in [0.4, 0.5) is 5.69 Å². The van der Waals surface area contributed by atoms with E-state index in [0.29, 0.717) is 0 Å². The van der Waals surface area contributed by atoms with E-state index < -0.39 is 0 Å². The van der Waals surface area contributed by atoms with Crippen molar-refractivity contribution in [2.45, 2.75) is 39.2 Å². The lowest BCUT2D eigenvalue weighted by Gasteiger charge is -2.19. The first kappa shape index (κ1) is 14.6. The largest absolute Gasteiger partial charge is 0.374 e. The molecule has 0 spiro atoms. The van der Waals surface area contributed by atoms with Crippen LogP contribution in [0.2, 0.25) is 0 Å². The summed E-state index contributed by atoms with van der Waals surface area (Å²) in [5.74, 6) is 0.0880. The molecule has 1 aromatic carbocycles. The second-order valence-corrected chi connectivity index (χ2v) is 4.90. The molecular formula is C15H24N2O. The molecule has 1 amide bonds. The van der Waals surface area contributed by atoms with E-state index in [1.54, 1.807) is 19.0 Å². The molecule has 100 valence electrons. The average molecular weight is 248 g/mol. The van der Waals surface area contributed by atoms with Crippen LogP contribution in [-0.4, -0.2) is 30.9 Å². The van der Waals surface area contributed by atoms with E-state index in [9.17, 15) is 4.79 Å². The van der Waals surface area contributed by atoms with E-state index >= 15 is 0 Å². The Morgan fingerprint density at radius 1 is 1.28 bits per heavy atom. The molecule has 0 bridgehead atoms. The number of nitrogens with one attached hydrogen (secondary N) is 1. The van der Waals surface area contributed by atoms with Crippen LogP contribution in [-0.2, 0) is 11.2 Å². The quantitative estimate of drug-likeness (QED) is 0.839. The summed E-state index contributed by atoms with van der Waals surface area (Å²) in [6.07, 6.45) is 3.57. The molecule has 1 unspecified atom stereocenters. The molecule has 18 heavy (non-hydrogen) atoms. The lowest BCUT2D eigenvalue weighted by Crippen LogP contribution is -2.36. The fourth-order valence-electron chi connectivity index (χ4n) is 1.85. The van der Waals surface area contributed by atoms with Crippen molar-refractivity contribution in [1.29, 1.82) is 0 Å². The van der Waals surface area contributed by atoms with Crippen LogP contribution in [0.5, 0.6) is 0 Å². The Morgan fingerprint density at radius 3 is 2.39 bits per heavy atom. The van der Waals surface area contributed by atoms with Crippen molar-refractivity contribution in [3.8, 4) is 0 Å². The van der Waals surface area contributed by atoms with E-state index in [0.717, 1.165) is 12.1 Å². The summed E-state index contributed by atoms with van der Waals surface area (Å²) in [4.78, 5) is 13.3. The standard InChI is InChI=1S/C15H24N2O/c1-5-6-7-13-8-10-14(11-9-13)16-12(2)15(18)17(3)4/h8-12,16H,5-7H2,1-4H3. The topological polar surface area (TPSA) is 32.3 Å². The maximum Gasteiger partial charge on any atom is 0.244 e. The van der Waals surface area contributed by atoms with E-state index in [2.05, 4.69) is 24.4 Å². The maximum atomic E-state index is 11.7. The molecule has 0 radical (unpaired) electrons. The zero-order chi connectivity index (χ0) is 13.5. The van der Waals surface area contributed by atoms with Crippen LogP contribution in [0.1, 0.15) is 32.3 Å². The summed E-state index contributed by atoms with van der Waals surface area (Å²) in [5, 5.41) is 3.22. The fourth-order valence-corrected chi connectivity index (χ4v) is 1.85. The van der Waals surface area contributed by atoms with Gasteiger partial charge in [0, 0.05) is 19.8 Å². The third kappa shape index (κ3) is 4.40. The Labute approximate surface area is 110 Å². The van der Waals surface area contributed by atoms with Gasteiger partial charge in [-0.25, -0.2) is 0 Å². The first-order valence-electron chi connectivity index (χ1n) is 6.61. The normalized spacial score (nSPS) is 12.0. The van der Waals surface area contributed by atoms with E-state index in [4.69, 9.17) is 0 Å². The molecule has 3 nitrogen and oxygen atoms in total. The second kappa shape index (κ2) is 7.04. The minimum Gasteiger partial charge on any atom is -0.374 e. The lowest BCUT2D eigenvalue weighted by molar-refractivity contribution is -0.129. The number of amides is 1. The van der Waals surface area contributed by atoms with Gasteiger partial charge in [-0.15, -0.1) is 0 Å². The zero-order valence-electron chi connectivity index (χ0n) is 11.9. The number of hydrogen-bond donors (Lipinski definition) is 1. The molecule has 0 aliphatic rings. The molecule has 1 rings (SSSR count). The summed E-state index contributed by atoms with van der Waals surface area (Å²) in [5.41, 5.74) is 2.35. The number of hydrogen-bond acceptors (Lipinski definition) is 2. The minimum atomic E-state index is -0.193. The van der Waals surface area contributed by atoms with Crippen molar-refractivity contribution in [3.05, 3.63) is 29.8 Å². The highest BCUT2D eigenvalue weighted by Gasteiger charge is 2.13. The number of benzene rings is 1. The predicted molar refractivity (Wildman–Crippen MR) is 76.8 cm³/mol. The van der Waals surface area contributed by atoms with Crippen molar-refractivity contribution < 1.29 is 4.79 Å². The Hall–Kier alpha value is -1.51. The fraction of sp³-hybridized carbons (Fsp3) is 0.533. The number of aryl methyl sites for hydroxylation is 1. The number of likely N-dealkylation sites (N-methyl/N-ethyl adjacent to an activating group) is 1. The van der Waals surface area contributed by atoms with Crippen molar-refractivity contribution in [3.63, 3.8) is 0 Å². The van der Waals surface area contributed by atoms with Gasteiger partial charge >= 0.3 is 0 Å². The average Bonchev–Trinajstić information content (AvgIpc) is 2.36. The summed E-state index contributed by atoms with van der Waals surface area (Å²) < 4.78 is 0. The smallest absolute Gasteiger partial charge is 0.244 e. The minimum absolute atomic E-state index is 0.0880. The van der Waals surface area contributed by atoms with Gasteiger partial charge in [0.25, 0.3) is 0 Å². The summed E-state index contributed by atoms with van der Waals surface area (Å²) in [6, 6.07) is 8.16. The SMILES string of the molecule is CCCCc1ccc(NC(C)C(=O)N(C)C)cc1. The molecule has 1 N–H and O–H groups in total. The molecular weight excluding hydrogens is 224 g/mol. The molecule has 0 aromatic heterocycles. The lowest BCUT2D eigenvalue weighted by atomic mass is 10.1. The molecule has 0 aliphatic heterocycles. The van der Waals surface area contributed by atoms with Crippen molar-refractivity contribution in [2.24, 2.45) is 0 Å².